The minimum atomic E-state index is -4.94. The molecule has 1 unspecified atom stereocenters. The summed E-state index contributed by atoms with van der Waals surface area (Å²) in [5, 5.41) is 14.2. The fourth-order valence-corrected chi connectivity index (χ4v) is 6.67. The van der Waals surface area contributed by atoms with Gasteiger partial charge in [0.25, 0.3) is 0 Å². The molecule has 3 nitrogen and oxygen atoms in total. The quantitative estimate of drug-likeness (QED) is 0.564. The zero-order valence-corrected chi connectivity index (χ0v) is 17.2. The molecule has 0 radical (unpaired) electrons. The molecule has 9 heteroatoms. The lowest BCUT2D eigenvalue weighted by Gasteiger charge is -2.57. The van der Waals surface area contributed by atoms with Crippen molar-refractivity contribution in [2.45, 2.75) is 62.5 Å². The predicted molar refractivity (Wildman–Crippen MR) is 106 cm³/mol. The Kier molecular flexibility index (Phi) is 5.02. The minimum absolute atomic E-state index is 0.0151. The lowest BCUT2D eigenvalue weighted by Crippen LogP contribution is -2.59. The maximum absolute atomic E-state index is 13.5. The van der Waals surface area contributed by atoms with E-state index in [-0.39, 0.29) is 23.0 Å². The standard InChI is InChI=1S/C23H24F6N2O/c24-22(25,26)17-3-1-2-15-16(7-19(23(27,28)29)31-20(15)17)18(32)11-30-21-8-12-4-13(9-21)6-14(5-12)10-21/h1-3,7,12-14,18,30,32H,4-6,8-11H2. The molecule has 4 aliphatic rings. The van der Waals surface area contributed by atoms with Crippen molar-refractivity contribution in [3.05, 3.63) is 41.1 Å². The Morgan fingerprint density at radius 3 is 2.09 bits per heavy atom. The number of pyridine rings is 1. The molecule has 2 N–H and O–H groups in total. The van der Waals surface area contributed by atoms with E-state index in [0.29, 0.717) is 29.9 Å². The van der Waals surface area contributed by atoms with Crippen molar-refractivity contribution in [1.82, 2.24) is 10.3 Å². The van der Waals surface area contributed by atoms with E-state index in [9.17, 15) is 31.4 Å². The fraction of sp³-hybridized carbons (Fsp3) is 0.609. The number of aliphatic hydroxyl groups is 1. The second-order valence-corrected chi connectivity index (χ2v) is 9.89. The van der Waals surface area contributed by atoms with Crippen molar-refractivity contribution in [2.24, 2.45) is 17.8 Å². The number of aromatic nitrogens is 1. The van der Waals surface area contributed by atoms with Crippen LogP contribution in [-0.4, -0.2) is 22.2 Å². The number of hydrogen-bond donors (Lipinski definition) is 2. The van der Waals surface area contributed by atoms with E-state index in [1.807, 2.05) is 0 Å². The summed E-state index contributed by atoms with van der Waals surface area (Å²) in [6.07, 6.45) is -4.60. The van der Waals surface area contributed by atoms with Crippen molar-refractivity contribution in [1.29, 1.82) is 0 Å². The van der Waals surface area contributed by atoms with Crippen molar-refractivity contribution in [3.63, 3.8) is 0 Å². The van der Waals surface area contributed by atoms with E-state index in [1.54, 1.807) is 0 Å². The van der Waals surface area contributed by atoms with Gasteiger partial charge in [0, 0.05) is 17.5 Å². The van der Waals surface area contributed by atoms with Crippen LogP contribution in [0.3, 0.4) is 0 Å². The number of fused-ring (bicyclic) bond motifs is 1. The van der Waals surface area contributed by atoms with Crippen LogP contribution in [0.15, 0.2) is 24.3 Å². The van der Waals surface area contributed by atoms with Gasteiger partial charge in [-0.3, -0.25) is 0 Å². The Morgan fingerprint density at radius 2 is 1.56 bits per heavy atom. The van der Waals surface area contributed by atoms with E-state index in [2.05, 4.69) is 10.3 Å². The first kappa shape index (κ1) is 21.9. The number of nitrogens with one attached hydrogen (secondary N) is 1. The number of alkyl halides is 6. The van der Waals surface area contributed by atoms with Crippen molar-refractivity contribution in [2.75, 3.05) is 6.54 Å². The number of benzene rings is 1. The minimum Gasteiger partial charge on any atom is -0.387 e. The second-order valence-electron chi connectivity index (χ2n) is 9.89. The summed E-state index contributed by atoms with van der Waals surface area (Å²) >= 11 is 0. The molecule has 6 rings (SSSR count). The van der Waals surface area contributed by atoms with Gasteiger partial charge in [0.2, 0.25) is 0 Å². The van der Waals surface area contributed by atoms with Gasteiger partial charge in [-0.1, -0.05) is 12.1 Å². The molecule has 0 amide bonds. The first-order valence-electron chi connectivity index (χ1n) is 10.9. The molecule has 174 valence electrons. The molecule has 32 heavy (non-hydrogen) atoms. The van der Waals surface area contributed by atoms with E-state index >= 15 is 0 Å². The second kappa shape index (κ2) is 7.32. The number of rotatable bonds is 4. The van der Waals surface area contributed by atoms with Crippen LogP contribution in [0.4, 0.5) is 26.3 Å². The maximum Gasteiger partial charge on any atom is 0.433 e. The lowest BCUT2D eigenvalue weighted by atomic mass is 9.53. The van der Waals surface area contributed by atoms with Crippen molar-refractivity contribution < 1.29 is 31.4 Å². The Morgan fingerprint density at radius 1 is 0.969 bits per heavy atom. The first-order valence-corrected chi connectivity index (χ1v) is 10.9. The highest BCUT2D eigenvalue weighted by molar-refractivity contribution is 5.86. The third-order valence-electron chi connectivity index (χ3n) is 7.53. The van der Waals surface area contributed by atoms with Gasteiger partial charge in [0.05, 0.1) is 17.2 Å². The van der Waals surface area contributed by atoms with Crippen LogP contribution in [0.2, 0.25) is 0 Å². The zero-order valence-electron chi connectivity index (χ0n) is 17.2. The van der Waals surface area contributed by atoms with E-state index in [4.69, 9.17) is 0 Å². The molecular weight excluding hydrogens is 434 g/mol. The van der Waals surface area contributed by atoms with Gasteiger partial charge >= 0.3 is 12.4 Å². The van der Waals surface area contributed by atoms with Crippen LogP contribution in [0.25, 0.3) is 10.9 Å². The highest BCUT2D eigenvalue weighted by atomic mass is 19.4. The molecule has 2 aromatic rings. The molecule has 4 bridgehead atoms. The lowest BCUT2D eigenvalue weighted by molar-refractivity contribution is -0.142. The molecule has 4 fully saturated rings. The molecular formula is C23H24F6N2O. The summed E-state index contributed by atoms with van der Waals surface area (Å²) < 4.78 is 80.7. The summed E-state index contributed by atoms with van der Waals surface area (Å²) in [4.78, 5) is 3.29. The average Bonchev–Trinajstić information content (AvgIpc) is 2.68. The Hall–Kier alpha value is -1.87. The molecule has 0 saturated heterocycles. The molecule has 1 heterocycles. The van der Waals surface area contributed by atoms with Crippen LogP contribution in [-0.2, 0) is 12.4 Å². The summed E-state index contributed by atoms with van der Waals surface area (Å²) in [5.74, 6) is 1.91. The van der Waals surface area contributed by atoms with E-state index in [0.717, 1.165) is 25.3 Å². The van der Waals surface area contributed by atoms with E-state index in [1.165, 1.54) is 25.3 Å². The molecule has 1 aromatic carbocycles. The van der Waals surface area contributed by atoms with E-state index < -0.39 is 35.2 Å². The highest BCUT2D eigenvalue weighted by Gasteiger charge is 2.50. The average molecular weight is 458 g/mol. The summed E-state index contributed by atoms with van der Waals surface area (Å²) in [6.45, 7) is -0.0151. The van der Waals surface area contributed by atoms with Gasteiger partial charge < -0.3 is 10.4 Å². The molecule has 0 aliphatic heterocycles. The van der Waals surface area contributed by atoms with Crippen LogP contribution in [0.1, 0.15) is 61.4 Å². The number of aliphatic hydroxyl groups excluding tert-OH is 1. The molecule has 1 atom stereocenters. The van der Waals surface area contributed by atoms with Gasteiger partial charge in [-0.25, -0.2) is 4.98 Å². The summed E-state index contributed by atoms with van der Waals surface area (Å²) in [5.41, 5.74) is -3.80. The first-order chi connectivity index (χ1) is 14.9. The van der Waals surface area contributed by atoms with Gasteiger partial charge in [0.1, 0.15) is 5.69 Å². The largest absolute Gasteiger partial charge is 0.433 e. The Labute approximate surface area is 181 Å². The highest BCUT2D eigenvalue weighted by Crippen LogP contribution is 2.55. The van der Waals surface area contributed by atoms with Crippen LogP contribution in [0.5, 0.6) is 0 Å². The van der Waals surface area contributed by atoms with Crippen LogP contribution in [0, 0.1) is 17.8 Å². The van der Waals surface area contributed by atoms with Gasteiger partial charge in [0.15, 0.2) is 0 Å². The fourth-order valence-electron chi connectivity index (χ4n) is 6.67. The van der Waals surface area contributed by atoms with Crippen LogP contribution < -0.4 is 5.32 Å². The third kappa shape index (κ3) is 3.87. The molecule has 0 spiro atoms. The van der Waals surface area contributed by atoms with Crippen molar-refractivity contribution in [3.8, 4) is 0 Å². The molecule has 1 aromatic heterocycles. The number of hydrogen-bond acceptors (Lipinski definition) is 3. The summed E-state index contributed by atoms with van der Waals surface area (Å²) in [7, 11) is 0. The van der Waals surface area contributed by atoms with Gasteiger partial charge in [-0.2, -0.15) is 26.3 Å². The third-order valence-corrected chi connectivity index (χ3v) is 7.53. The summed E-state index contributed by atoms with van der Waals surface area (Å²) in [6, 6.07) is 3.79. The Bertz CT molecular complexity index is 996. The predicted octanol–water partition coefficient (Wildman–Crippen LogP) is 5.86. The maximum atomic E-state index is 13.5. The SMILES string of the molecule is OC(CNC12CC3CC(CC(C3)C1)C2)c1cc(C(F)(F)F)nc2c(C(F)(F)F)cccc12. The van der Waals surface area contributed by atoms with Crippen molar-refractivity contribution >= 4 is 10.9 Å². The number of halogens is 6. The van der Waals surface area contributed by atoms with Gasteiger partial charge in [-0.05, 0) is 74.0 Å². The normalized spacial score (nSPS) is 30.8. The Balaban J connectivity index is 1.49. The monoisotopic (exact) mass is 458 g/mol. The van der Waals surface area contributed by atoms with Crippen LogP contribution >= 0.6 is 0 Å². The number of nitrogens with zero attached hydrogens (tertiary/aromatic N) is 1. The smallest absolute Gasteiger partial charge is 0.387 e. The topological polar surface area (TPSA) is 45.1 Å². The molecule has 4 saturated carbocycles. The van der Waals surface area contributed by atoms with Gasteiger partial charge in [-0.15, -0.1) is 0 Å². The number of para-hydroxylation sites is 1. The number of β-amino-alcohol motifs (C(OH)–C–C–N with tert-alkyl or cyclic N) is 1. The zero-order chi connectivity index (χ0) is 22.9. The molecule has 4 aliphatic carbocycles.